The zero-order chi connectivity index (χ0) is 42.2. The summed E-state index contributed by atoms with van der Waals surface area (Å²) in [6, 6.07) is 74.1. The number of pyridine rings is 1. The van der Waals surface area contributed by atoms with E-state index in [0.29, 0.717) is 11.2 Å². The molecule has 4 heterocycles. The number of hydrogen-bond acceptors (Lipinski definition) is 2. The first-order valence-corrected chi connectivity index (χ1v) is 21.5. The smallest absolute Gasteiger partial charge is 0.136 e. The van der Waals surface area contributed by atoms with Gasteiger partial charge in [0, 0.05) is 49.5 Å². The van der Waals surface area contributed by atoms with Gasteiger partial charge in [0.05, 0.1) is 5.52 Å². The van der Waals surface area contributed by atoms with Crippen LogP contribution in [0.5, 0.6) is 0 Å². The minimum Gasteiger partial charge on any atom is -0.510 e. The van der Waals surface area contributed by atoms with E-state index in [9.17, 15) is 0 Å². The van der Waals surface area contributed by atoms with E-state index in [4.69, 9.17) is 9.40 Å². The van der Waals surface area contributed by atoms with Gasteiger partial charge in [-0.1, -0.05) is 160 Å². The number of nitrogens with zero attached hydrogens (tertiary/aromatic N) is 4. The number of benzene rings is 8. The molecule has 312 valence electrons. The number of rotatable bonds is 1. The molecular formula is C58H41N4OPt-3. The first-order chi connectivity index (χ1) is 30.9. The Kier molecular flexibility index (Phi) is 9.56. The molecule has 10 bridgehead atoms. The maximum absolute atomic E-state index is 6.70. The van der Waals surface area contributed by atoms with Crippen molar-refractivity contribution in [2.45, 2.75) is 26.2 Å². The third-order valence-corrected chi connectivity index (χ3v) is 12.4. The van der Waals surface area contributed by atoms with Crippen molar-refractivity contribution < 1.29 is 25.5 Å². The summed E-state index contributed by atoms with van der Waals surface area (Å²) in [6.45, 7) is 6.79. The largest absolute Gasteiger partial charge is 0.510 e. The van der Waals surface area contributed by atoms with Gasteiger partial charge in [0.2, 0.25) is 0 Å². The molecule has 8 aromatic carbocycles. The Bertz CT molecular complexity index is 3910. The molecule has 5 nitrogen and oxygen atoms in total. The average Bonchev–Trinajstić information content (AvgIpc) is 3.87. The molecule has 0 fully saturated rings. The van der Waals surface area contributed by atoms with Crippen molar-refractivity contribution in [2.24, 2.45) is 0 Å². The van der Waals surface area contributed by atoms with Crippen LogP contribution in [0.25, 0.3) is 105 Å². The molecule has 0 atom stereocenters. The monoisotopic (exact) mass is 1000 g/mol. The average molecular weight is 1010 g/mol. The molecule has 12 rings (SSSR count). The Balaban J connectivity index is 0.00000456. The molecule has 0 N–H and O–H groups in total. The minimum atomic E-state index is -0.152. The molecule has 0 amide bonds. The van der Waals surface area contributed by atoms with Crippen LogP contribution in [0.15, 0.2) is 199 Å². The van der Waals surface area contributed by atoms with Crippen LogP contribution in [0.1, 0.15) is 26.3 Å². The van der Waals surface area contributed by atoms with Gasteiger partial charge in [-0.05, 0) is 90.2 Å². The molecule has 64 heavy (non-hydrogen) atoms. The number of fused-ring (bicyclic) bond motifs is 23. The van der Waals surface area contributed by atoms with E-state index in [-0.39, 0.29) is 26.5 Å². The van der Waals surface area contributed by atoms with Gasteiger partial charge in [0.25, 0.3) is 0 Å². The minimum absolute atomic E-state index is 0. The number of hydrogen-bond donors (Lipinski definition) is 0. The second-order valence-corrected chi connectivity index (χ2v) is 17.3. The second-order valence-electron chi connectivity index (χ2n) is 17.3. The van der Waals surface area contributed by atoms with E-state index in [0.717, 1.165) is 93.4 Å². The Hall–Kier alpha value is -7.33. The molecule has 1 aliphatic rings. The van der Waals surface area contributed by atoms with Crippen LogP contribution in [-0.2, 0) is 26.5 Å². The molecule has 0 aliphatic carbocycles. The number of para-hydroxylation sites is 4. The van der Waals surface area contributed by atoms with Gasteiger partial charge in [-0.15, -0.1) is 29.1 Å². The van der Waals surface area contributed by atoms with Gasteiger partial charge in [0.1, 0.15) is 5.65 Å². The second kappa shape index (κ2) is 15.5. The Morgan fingerprint density at radius 1 is 0.531 bits per heavy atom. The van der Waals surface area contributed by atoms with Gasteiger partial charge < -0.3 is 18.0 Å². The summed E-state index contributed by atoms with van der Waals surface area (Å²) in [7, 11) is 0. The van der Waals surface area contributed by atoms with Crippen LogP contribution in [0.3, 0.4) is 0 Å². The van der Waals surface area contributed by atoms with Gasteiger partial charge in [-0.25, -0.2) is 4.98 Å². The van der Waals surface area contributed by atoms with Crippen molar-refractivity contribution in [1.29, 1.82) is 0 Å². The summed E-state index contributed by atoms with van der Waals surface area (Å²) >= 11 is 0. The van der Waals surface area contributed by atoms with E-state index in [2.05, 4.69) is 223 Å². The zero-order valence-electron chi connectivity index (χ0n) is 35.5. The normalized spacial score (nSPS) is 11.9. The molecule has 11 aromatic rings. The Morgan fingerprint density at radius 3 is 2.03 bits per heavy atom. The predicted molar refractivity (Wildman–Crippen MR) is 261 cm³/mol. The SMILES string of the molecule is CC(C)(C)c1cc2nc(c1)n1c3[c-]c(ccc3c3ccccc31)oc1[c-]c(ccc1)n1[cH-]n(c3c(-c4ccccc4)cccc3c3ccccc3c3cccc2c3)-c2ccccc2-1.[Pt]. The van der Waals surface area contributed by atoms with Crippen LogP contribution in [0, 0.1) is 12.1 Å². The summed E-state index contributed by atoms with van der Waals surface area (Å²) < 4.78 is 13.5. The van der Waals surface area contributed by atoms with Crippen LogP contribution < -0.4 is 0 Å². The Morgan fingerprint density at radius 2 is 1.20 bits per heavy atom. The number of aromatic nitrogens is 4. The topological polar surface area (TPSA) is 40.3 Å². The molecule has 0 spiro atoms. The molecule has 0 unspecified atom stereocenters. The third kappa shape index (κ3) is 6.58. The maximum Gasteiger partial charge on any atom is 0.136 e. The molecule has 0 radical (unpaired) electrons. The van der Waals surface area contributed by atoms with Crippen LogP contribution in [-0.4, -0.2) is 18.5 Å². The fourth-order valence-electron chi connectivity index (χ4n) is 9.31. The van der Waals surface area contributed by atoms with Gasteiger partial charge in [-0.2, -0.15) is 24.3 Å². The summed E-state index contributed by atoms with van der Waals surface area (Å²) in [6.07, 6.45) is 2.19. The van der Waals surface area contributed by atoms with E-state index in [1.807, 2.05) is 18.2 Å². The van der Waals surface area contributed by atoms with Crippen molar-refractivity contribution in [3.63, 3.8) is 0 Å². The Labute approximate surface area is 384 Å². The van der Waals surface area contributed by atoms with Gasteiger partial charge >= 0.3 is 0 Å². The summed E-state index contributed by atoms with van der Waals surface area (Å²) in [5.41, 5.74) is 12.2. The van der Waals surface area contributed by atoms with E-state index in [1.165, 1.54) is 5.56 Å². The van der Waals surface area contributed by atoms with Crippen LogP contribution in [0.2, 0.25) is 0 Å². The van der Waals surface area contributed by atoms with Crippen molar-refractivity contribution in [3.8, 4) is 22.5 Å². The summed E-state index contributed by atoms with van der Waals surface area (Å²) in [5, 5.41) is 7.74. The van der Waals surface area contributed by atoms with E-state index < -0.39 is 0 Å². The fraction of sp³-hybridized carbons (Fsp3) is 0.0690. The van der Waals surface area contributed by atoms with Crippen molar-refractivity contribution >= 4 is 82.1 Å². The van der Waals surface area contributed by atoms with Crippen molar-refractivity contribution in [2.75, 3.05) is 0 Å². The molecule has 6 heteroatoms. The molecule has 1 aliphatic heterocycles. The van der Waals surface area contributed by atoms with Crippen molar-refractivity contribution in [1.82, 2.24) is 18.5 Å². The van der Waals surface area contributed by atoms with E-state index >= 15 is 0 Å². The van der Waals surface area contributed by atoms with Crippen LogP contribution >= 0.6 is 0 Å². The molecule has 3 aromatic heterocycles. The number of imidazole rings is 1. The first-order valence-electron chi connectivity index (χ1n) is 21.5. The molecular weight excluding hydrogens is 964 g/mol. The summed E-state index contributed by atoms with van der Waals surface area (Å²) in [4.78, 5) is 5.51. The zero-order valence-corrected chi connectivity index (χ0v) is 37.8. The van der Waals surface area contributed by atoms with E-state index in [1.54, 1.807) is 0 Å². The molecule has 0 saturated heterocycles. The fourth-order valence-corrected chi connectivity index (χ4v) is 9.31. The predicted octanol–water partition coefficient (Wildman–Crippen LogP) is 15.1. The quantitative estimate of drug-likeness (QED) is 0.154. The summed E-state index contributed by atoms with van der Waals surface area (Å²) in [5.74, 6) is 0. The third-order valence-electron chi connectivity index (χ3n) is 12.4. The molecule has 0 saturated carbocycles. The standard InChI is InChI=1S/C58H41N4O.Pt/c1-58(2,3)41-33-51-40-19-13-18-39(32-40)45-22-7-8-23-47(45)50-26-15-25-46(38-16-5-4-6-17-38)57(50)61-37-60(53-28-11-12-29-54(53)61)42-20-14-21-43(35-42)63-44-30-31-49-48-24-9-10-27-52(48)62(55(49)36-44)56(34-41)59-51;/h4-34,37H,1-3H3;/q-3;. The maximum atomic E-state index is 6.70. The van der Waals surface area contributed by atoms with Crippen LogP contribution in [0.4, 0.5) is 0 Å². The van der Waals surface area contributed by atoms with Gasteiger partial charge in [-0.3, -0.25) is 0 Å². The van der Waals surface area contributed by atoms with Gasteiger partial charge in [0.15, 0.2) is 0 Å². The first kappa shape index (κ1) is 39.5. The van der Waals surface area contributed by atoms with Crippen molar-refractivity contribution in [3.05, 3.63) is 212 Å².